The predicted molar refractivity (Wildman–Crippen MR) is 81.7 cm³/mol. The molecule has 1 fully saturated rings. The monoisotopic (exact) mass is 281 g/mol. The first-order valence-electron chi connectivity index (χ1n) is 7.33. The fourth-order valence-corrected chi connectivity index (χ4v) is 2.57. The summed E-state index contributed by atoms with van der Waals surface area (Å²) in [5.41, 5.74) is 2.39. The quantitative estimate of drug-likeness (QED) is 0.827. The van der Waals surface area contributed by atoms with Crippen molar-refractivity contribution in [1.29, 1.82) is 0 Å². The Bertz CT molecular complexity index is 583. The molecule has 0 spiro atoms. The van der Waals surface area contributed by atoms with Crippen LogP contribution in [-0.2, 0) is 22.6 Å². The second kappa shape index (κ2) is 6.55. The molecule has 1 amide bonds. The third-order valence-electron chi connectivity index (χ3n) is 3.81. The van der Waals surface area contributed by atoms with Gasteiger partial charge in [-0.1, -0.05) is 60.7 Å². The van der Waals surface area contributed by atoms with Gasteiger partial charge in [-0.2, -0.15) is 0 Å². The Hall–Kier alpha value is -2.13. The van der Waals surface area contributed by atoms with Gasteiger partial charge in [-0.05, 0) is 24.0 Å². The summed E-state index contributed by atoms with van der Waals surface area (Å²) >= 11 is 0. The van der Waals surface area contributed by atoms with Crippen molar-refractivity contribution < 1.29 is 9.53 Å². The zero-order valence-corrected chi connectivity index (χ0v) is 11.9. The minimum absolute atomic E-state index is 0.00370. The molecule has 0 bridgehead atoms. The van der Waals surface area contributed by atoms with Gasteiger partial charge >= 0.3 is 0 Å². The largest absolute Gasteiger partial charge is 0.362 e. The van der Waals surface area contributed by atoms with Crippen molar-refractivity contribution in [3.8, 4) is 0 Å². The summed E-state index contributed by atoms with van der Waals surface area (Å²) in [7, 11) is 0. The molecule has 0 unspecified atom stereocenters. The third kappa shape index (κ3) is 3.50. The SMILES string of the molecule is O=C1N[C@@H](CCc2ccccc2)[C@H]1OCc1ccccc1. The lowest BCUT2D eigenvalue weighted by Gasteiger charge is -2.36. The van der Waals surface area contributed by atoms with Crippen LogP contribution in [0, 0.1) is 0 Å². The first kappa shape index (κ1) is 13.8. The van der Waals surface area contributed by atoms with Crippen molar-refractivity contribution in [3.05, 3.63) is 71.8 Å². The lowest BCUT2D eigenvalue weighted by Crippen LogP contribution is -2.63. The molecule has 2 aromatic carbocycles. The van der Waals surface area contributed by atoms with Gasteiger partial charge in [-0.15, -0.1) is 0 Å². The topological polar surface area (TPSA) is 38.3 Å². The molecular formula is C18H19NO2. The van der Waals surface area contributed by atoms with E-state index in [9.17, 15) is 4.79 Å². The van der Waals surface area contributed by atoms with E-state index < -0.39 is 0 Å². The van der Waals surface area contributed by atoms with Crippen LogP contribution in [0.15, 0.2) is 60.7 Å². The number of hydrogen-bond donors (Lipinski definition) is 1. The van der Waals surface area contributed by atoms with Crippen LogP contribution >= 0.6 is 0 Å². The predicted octanol–water partition coefficient (Wildman–Crippen LogP) is 2.70. The van der Waals surface area contributed by atoms with Crippen molar-refractivity contribution in [3.63, 3.8) is 0 Å². The Kier molecular flexibility index (Phi) is 4.31. The van der Waals surface area contributed by atoms with Gasteiger partial charge in [0.1, 0.15) is 0 Å². The molecule has 1 saturated heterocycles. The van der Waals surface area contributed by atoms with Crippen molar-refractivity contribution in [1.82, 2.24) is 5.32 Å². The van der Waals surface area contributed by atoms with Gasteiger partial charge in [-0.3, -0.25) is 4.79 Å². The smallest absolute Gasteiger partial charge is 0.251 e. The Morgan fingerprint density at radius 3 is 2.14 bits per heavy atom. The molecular weight excluding hydrogens is 262 g/mol. The maximum Gasteiger partial charge on any atom is 0.251 e. The number of benzene rings is 2. The van der Waals surface area contributed by atoms with E-state index in [1.54, 1.807) is 0 Å². The molecule has 0 saturated carbocycles. The number of carbonyl (C=O) groups excluding carboxylic acids is 1. The number of carbonyl (C=O) groups is 1. The standard InChI is InChI=1S/C18H19NO2/c20-18-17(21-13-15-9-5-2-6-10-15)16(19-18)12-11-14-7-3-1-4-8-14/h1-10,16-17H,11-13H2,(H,19,20)/t16-,17+/m0/s1. The van der Waals surface area contributed by atoms with Crippen LogP contribution in [0.2, 0.25) is 0 Å². The normalized spacial score (nSPS) is 20.7. The number of nitrogens with one attached hydrogen (secondary N) is 1. The maximum atomic E-state index is 11.6. The molecule has 2 aromatic rings. The molecule has 0 radical (unpaired) electrons. The van der Waals surface area contributed by atoms with Crippen molar-refractivity contribution in [2.75, 3.05) is 0 Å². The molecule has 108 valence electrons. The summed E-state index contributed by atoms with van der Waals surface area (Å²) in [6.45, 7) is 0.487. The Balaban J connectivity index is 1.49. The summed E-state index contributed by atoms with van der Waals surface area (Å²) in [6.07, 6.45) is 1.56. The highest BCUT2D eigenvalue weighted by Crippen LogP contribution is 2.18. The molecule has 21 heavy (non-hydrogen) atoms. The zero-order chi connectivity index (χ0) is 14.5. The van der Waals surface area contributed by atoms with E-state index in [2.05, 4.69) is 17.4 Å². The van der Waals surface area contributed by atoms with Crippen LogP contribution in [0.3, 0.4) is 0 Å². The molecule has 0 aromatic heterocycles. The summed E-state index contributed by atoms with van der Waals surface area (Å²) in [6, 6.07) is 20.4. The van der Waals surface area contributed by atoms with Gasteiger partial charge in [0.2, 0.25) is 0 Å². The molecule has 3 rings (SSSR count). The first-order chi connectivity index (χ1) is 10.3. The van der Waals surface area contributed by atoms with Gasteiger partial charge < -0.3 is 10.1 Å². The van der Waals surface area contributed by atoms with Crippen molar-refractivity contribution in [2.24, 2.45) is 0 Å². The lowest BCUT2D eigenvalue weighted by atomic mass is 9.94. The van der Waals surface area contributed by atoms with Crippen LogP contribution in [-0.4, -0.2) is 18.1 Å². The molecule has 3 nitrogen and oxygen atoms in total. The van der Waals surface area contributed by atoms with E-state index in [0.29, 0.717) is 6.61 Å². The van der Waals surface area contributed by atoms with E-state index in [-0.39, 0.29) is 18.1 Å². The number of amides is 1. The van der Waals surface area contributed by atoms with Crippen LogP contribution < -0.4 is 5.32 Å². The number of β-lactam (4-membered cyclic amide) rings is 1. The molecule has 1 heterocycles. The number of rotatable bonds is 6. The van der Waals surface area contributed by atoms with Crippen LogP contribution in [0.4, 0.5) is 0 Å². The van der Waals surface area contributed by atoms with Gasteiger partial charge in [0.25, 0.3) is 5.91 Å². The van der Waals surface area contributed by atoms with E-state index in [1.165, 1.54) is 5.56 Å². The zero-order valence-electron chi connectivity index (χ0n) is 11.9. The van der Waals surface area contributed by atoms with Gasteiger partial charge in [-0.25, -0.2) is 0 Å². The average molecular weight is 281 g/mol. The van der Waals surface area contributed by atoms with Gasteiger partial charge in [0, 0.05) is 0 Å². The summed E-state index contributed by atoms with van der Waals surface area (Å²) < 4.78 is 5.77. The highest BCUT2D eigenvalue weighted by atomic mass is 16.5. The molecule has 1 aliphatic heterocycles. The molecule has 1 aliphatic rings. The summed E-state index contributed by atoms with van der Waals surface area (Å²) in [5.74, 6) is 0.00370. The van der Waals surface area contributed by atoms with Crippen molar-refractivity contribution >= 4 is 5.91 Å². The third-order valence-corrected chi connectivity index (χ3v) is 3.81. The molecule has 0 aliphatic carbocycles. The molecule has 3 heteroatoms. The Morgan fingerprint density at radius 2 is 1.52 bits per heavy atom. The van der Waals surface area contributed by atoms with Crippen LogP contribution in [0.5, 0.6) is 0 Å². The minimum atomic E-state index is -0.311. The highest BCUT2D eigenvalue weighted by Gasteiger charge is 2.39. The average Bonchev–Trinajstić information content (AvgIpc) is 2.53. The number of aryl methyl sites for hydroxylation is 1. The first-order valence-corrected chi connectivity index (χ1v) is 7.33. The number of ether oxygens (including phenoxy) is 1. The maximum absolute atomic E-state index is 11.6. The fourth-order valence-electron chi connectivity index (χ4n) is 2.57. The Morgan fingerprint density at radius 1 is 0.905 bits per heavy atom. The van der Waals surface area contributed by atoms with E-state index in [4.69, 9.17) is 4.74 Å². The lowest BCUT2D eigenvalue weighted by molar-refractivity contribution is -0.149. The fraction of sp³-hybridized carbons (Fsp3) is 0.278. The summed E-state index contributed by atoms with van der Waals surface area (Å²) in [5, 5.41) is 2.94. The van der Waals surface area contributed by atoms with Gasteiger partial charge in [0.15, 0.2) is 6.10 Å². The second-order valence-electron chi connectivity index (χ2n) is 5.36. The van der Waals surface area contributed by atoms with Gasteiger partial charge in [0.05, 0.1) is 12.6 Å². The molecule has 2 atom stereocenters. The van der Waals surface area contributed by atoms with E-state index in [1.807, 2.05) is 48.5 Å². The minimum Gasteiger partial charge on any atom is -0.362 e. The second-order valence-corrected chi connectivity index (χ2v) is 5.36. The van der Waals surface area contributed by atoms with E-state index in [0.717, 1.165) is 18.4 Å². The van der Waals surface area contributed by atoms with Crippen LogP contribution in [0.25, 0.3) is 0 Å². The van der Waals surface area contributed by atoms with E-state index >= 15 is 0 Å². The highest BCUT2D eigenvalue weighted by molar-refractivity contribution is 5.88. The Labute approximate surface area is 124 Å². The van der Waals surface area contributed by atoms with Crippen LogP contribution in [0.1, 0.15) is 17.5 Å². The molecule has 1 N–H and O–H groups in total. The number of hydrogen-bond acceptors (Lipinski definition) is 2. The van der Waals surface area contributed by atoms with Crippen molar-refractivity contribution in [2.45, 2.75) is 31.6 Å². The summed E-state index contributed by atoms with van der Waals surface area (Å²) in [4.78, 5) is 11.6.